The van der Waals surface area contributed by atoms with E-state index in [9.17, 15) is 4.79 Å². The summed E-state index contributed by atoms with van der Waals surface area (Å²) in [5.41, 5.74) is 1.92. The van der Waals surface area contributed by atoms with Gasteiger partial charge in [0.05, 0.1) is 23.5 Å². The summed E-state index contributed by atoms with van der Waals surface area (Å²) in [6.07, 6.45) is 1.67. The molecule has 1 amide bonds. The first kappa shape index (κ1) is 18.0. The van der Waals surface area contributed by atoms with E-state index in [1.165, 1.54) is 11.8 Å². The zero-order chi connectivity index (χ0) is 17.6. The van der Waals surface area contributed by atoms with Crippen LogP contribution in [0, 0.1) is 0 Å². The number of carbonyl (C=O) groups excluding carboxylic acids is 1. The molecule has 1 aromatic heterocycles. The second-order valence-electron chi connectivity index (χ2n) is 5.69. The second-order valence-corrected chi connectivity index (χ2v) is 7.42. The van der Waals surface area contributed by atoms with Crippen LogP contribution in [0.4, 0.5) is 11.4 Å². The third kappa shape index (κ3) is 4.87. The van der Waals surface area contributed by atoms with E-state index in [-0.39, 0.29) is 11.2 Å². The van der Waals surface area contributed by atoms with E-state index in [1.807, 2.05) is 31.2 Å². The van der Waals surface area contributed by atoms with Crippen molar-refractivity contribution in [1.29, 1.82) is 0 Å². The summed E-state index contributed by atoms with van der Waals surface area (Å²) < 4.78 is 5.37. The van der Waals surface area contributed by atoms with E-state index in [0.29, 0.717) is 10.0 Å². The predicted molar refractivity (Wildman–Crippen MR) is 103 cm³/mol. The van der Waals surface area contributed by atoms with E-state index < -0.39 is 0 Å². The minimum Gasteiger partial charge on any atom is -0.378 e. The molecular weight excluding hydrogens is 358 g/mol. The molecule has 5 nitrogen and oxygen atoms in total. The molecule has 25 heavy (non-hydrogen) atoms. The molecule has 3 rings (SSSR count). The number of ether oxygens (including phenoxy) is 1. The van der Waals surface area contributed by atoms with Crippen LogP contribution in [0.3, 0.4) is 0 Å². The molecular formula is C18H20ClN3O2S. The van der Waals surface area contributed by atoms with Crippen molar-refractivity contribution in [2.45, 2.75) is 17.2 Å². The molecule has 0 spiro atoms. The molecule has 1 aliphatic rings. The molecule has 132 valence electrons. The van der Waals surface area contributed by atoms with Gasteiger partial charge in [0.25, 0.3) is 0 Å². The van der Waals surface area contributed by atoms with Crippen LogP contribution in [0.5, 0.6) is 0 Å². The number of anilines is 2. The number of amides is 1. The van der Waals surface area contributed by atoms with Crippen LogP contribution in [-0.2, 0) is 9.53 Å². The summed E-state index contributed by atoms with van der Waals surface area (Å²) in [6.45, 7) is 5.13. The molecule has 0 radical (unpaired) electrons. The van der Waals surface area contributed by atoms with E-state index in [2.05, 4.69) is 15.2 Å². The van der Waals surface area contributed by atoms with Crippen molar-refractivity contribution in [3.05, 3.63) is 47.6 Å². The number of nitrogens with one attached hydrogen (secondary N) is 1. The van der Waals surface area contributed by atoms with Gasteiger partial charge in [-0.25, -0.2) is 4.98 Å². The number of aromatic nitrogens is 1. The summed E-state index contributed by atoms with van der Waals surface area (Å²) in [4.78, 5) is 18.9. The molecule has 1 aliphatic heterocycles. The topological polar surface area (TPSA) is 54.5 Å². The third-order valence-corrected chi connectivity index (χ3v) is 5.43. The molecule has 1 N–H and O–H groups in total. The molecule has 1 fully saturated rings. The number of morpholine rings is 1. The van der Waals surface area contributed by atoms with Crippen molar-refractivity contribution in [3.63, 3.8) is 0 Å². The number of pyridine rings is 1. The number of carbonyl (C=O) groups is 1. The summed E-state index contributed by atoms with van der Waals surface area (Å²) in [6, 6.07) is 11.4. The smallest absolute Gasteiger partial charge is 0.237 e. The summed E-state index contributed by atoms with van der Waals surface area (Å²) >= 11 is 7.44. The highest BCUT2D eigenvalue weighted by molar-refractivity contribution is 8.00. The van der Waals surface area contributed by atoms with Gasteiger partial charge in [-0.3, -0.25) is 4.79 Å². The van der Waals surface area contributed by atoms with Crippen molar-refractivity contribution in [2.24, 2.45) is 0 Å². The number of thioether (sulfide) groups is 1. The maximum Gasteiger partial charge on any atom is 0.237 e. The van der Waals surface area contributed by atoms with Crippen LogP contribution >= 0.6 is 23.4 Å². The minimum absolute atomic E-state index is 0.0779. The zero-order valence-corrected chi connectivity index (χ0v) is 15.5. The normalized spacial score (nSPS) is 15.7. The van der Waals surface area contributed by atoms with E-state index >= 15 is 0 Å². The molecule has 2 heterocycles. The first-order valence-corrected chi connectivity index (χ1v) is 9.40. The van der Waals surface area contributed by atoms with Crippen LogP contribution in [0.25, 0.3) is 0 Å². The molecule has 1 aromatic carbocycles. The monoisotopic (exact) mass is 377 g/mol. The molecule has 2 aromatic rings. The standard InChI is InChI=1S/C18H20ClN3O2S/c1-13(25-18-16(19)3-2-8-20-18)17(23)21-14-4-6-15(7-5-14)22-9-11-24-12-10-22/h2-8,13H,9-12H2,1H3,(H,21,23). The first-order chi connectivity index (χ1) is 12.1. The molecule has 1 saturated heterocycles. The van der Waals surface area contributed by atoms with Gasteiger partial charge in [-0.15, -0.1) is 0 Å². The van der Waals surface area contributed by atoms with Gasteiger partial charge in [0, 0.05) is 30.7 Å². The fourth-order valence-electron chi connectivity index (χ4n) is 2.50. The van der Waals surface area contributed by atoms with Gasteiger partial charge in [-0.2, -0.15) is 0 Å². The van der Waals surface area contributed by atoms with Crippen LogP contribution in [0.1, 0.15) is 6.92 Å². The lowest BCUT2D eigenvalue weighted by Crippen LogP contribution is -2.36. The lowest BCUT2D eigenvalue weighted by atomic mass is 10.2. The summed E-state index contributed by atoms with van der Waals surface area (Å²) in [7, 11) is 0. The lowest BCUT2D eigenvalue weighted by Gasteiger charge is -2.28. The van der Waals surface area contributed by atoms with Gasteiger partial charge >= 0.3 is 0 Å². The number of hydrogen-bond donors (Lipinski definition) is 1. The Labute approximate surface area is 156 Å². The molecule has 0 aliphatic carbocycles. The maximum absolute atomic E-state index is 12.4. The van der Waals surface area contributed by atoms with Crippen molar-refractivity contribution >= 4 is 40.6 Å². The highest BCUT2D eigenvalue weighted by Crippen LogP contribution is 2.28. The van der Waals surface area contributed by atoms with Gasteiger partial charge in [0.15, 0.2) is 0 Å². The average molecular weight is 378 g/mol. The first-order valence-electron chi connectivity index (χ1n) is 8.14. The Morgan fingerprint density at radius 2 is 2.00 bits per heavy atom. The predicted octanol–water partition coefficient (Wildman–Crippen LogP) is 3.69. The Balaban J connectivity index is 1.57. The van der Waals surface area contributed by atoms with Gasteiger partial charge < -0.3 is 15.0 Å². The molecule has 7 heteroatoms. The van der Waals surface area contributed by atoms with Crippen molar-refractivity contribution in [1.82, 2.24) is 4.98 Å². The van der Waals surface area contributed by atoms with Gasteiger partial charge in [0.2, 0.25) is 5.91 Å². The minimum atomic E-state index is -0.300. The Morgan fingerprint density at radius 3 is 2.68 bits per heavy atom. The Morgan fingerprint density at radius 1 is 1.28 bits per heavy atom. The molecule has 1 unspecified atom stereocenters. The van der Waals surface area contributed by atoms with E-state index in [0.717, 1.165) is 37.7 Å². The Hall–Kier alpha value is -1.76. The van der Waals surface area contributed by atoms with Crippen molar-refractivity contribution < 1.29 is 9.53 Å². The fraction of sp³-hybridized carbons (Fsp3) is 0.333. The number of rotatable bonds is 5. The van der Waals surface area contributed by atoms with Crippen LogP contribution in [0.15, 0.2) is 47.6 Å². The fourth-order valence-corrected chi connectivity index (χ4v) is 3.56. The highest BCUT2D eigenvalue weighted by Gasteiger charge is 2.17. The molecule has 0 saturated carbocycles. The van der Waals surface area contributed by atoms with Gasteiger partial charge in [-0.05, 0) is 43.3 Å². The highest BCUT2D eigenvalue weighted by atomic mass is 35.5. The van der Waals surface area contributed by atoms with Crippen LogP contribution in [-0.4, -0.2) is 42.4 Å². The number of nitrogens with zero attached hydrogens (tertiary/aromatic N) is 2. The molecule has 0 bridgehead atoms. The maximum atomic E-state index is 12.4. The number of benzene rings is 1. The van der Waals surface area contributed by atoms with E-state index in [4.69, 9.17) is 16.3 Å². The quantitative estimate of drug-likeness (QED) is 0.805. The number of halogens is 1. The SMILES string of the molecule is CC(Sc1ncccc1Cl)C(=O)Nc1ccc(N2CCOCC2)cc1. The average Bonchev–Trinajstić information content (AvgIpc) is 2.65. The van der Waals surface area contributed by atoms with Crippen LogP contribution < -0.4 is 10.2 Å². The molecule has 1 atom stereocenters. The second kappa shape index (κ2) is 8.56. The largest absolute Gasteiger partial charge is 0.378 e. The summed E-state index contributed by atoms with van der Waals surface area (Å²) in [5.74, 6) is -0.0779. The van der Waals surface area contributed by atoms with Crippen molar-refractivity contribution in [2.75, 3.05) is 36.5 Å². The lowest BCUT2D eigenvalue weighted by molar-refractivity contribution is -0.115. The summed E-state index contributed by atoms with van der Waals surface area (Å²) in [5, 5.41) is 3.86. The third-order valence-electron chi connectivity index (χ3n) is 3.89. The zero-order valence-electron chi connectivity index (χ0n) is 13.9. The Kier molecular flexibility index (Phi) is 6.18. The van der Waals surface area contributed by atoms with E-state index in [1.54, 1.807) is 18.3 Å². The van der Waals surface area contributed by atoms with Crippen molar-refractivity contribution in [3.8, 4) is 0 Å². The number of hydrogen-bond acceptors (Lipinski definition) is 5. The van der Waals surface area contributed by atoms with Gasteiger partial charge in [0.1, 0.15) is 5.03 Å². The van der Waals surface area contributed by atoms with Crippen LogP contribution in [0.2, 0.25) is 5.02 Å². The van der Waals surface area contributed by atoms with Gasteiger partial charge in [-0.1, -0.05) is 23.4 Å². The Bertz CT molecular complexity index is 721.